The second-order valence-corrected chi connectivity index (χ2v) is 6.13. The van der Waals surface area contributed by atoms with Crippen LogP contribution < -0.4 is 5.73 Å². The highest BCUT2D eigenvalue weighted by Crippen LogP contribution is 2.41. The lowest BCUT2D eigenvalue weighted by atomic mass is 9.76. The number of ether oxygens (including phenoxy) is 2. The highest BCUT2D eigenvalue weighted by molar-refractivity contribution is 5.22. The summed E-state index contributed by atoms with van der Waals surface area (Å²) in [7, 11) is 0. The molecule has 1 spiro atoms. The first-order chi connectivity index (χ1) is 10.1. The van der Waals surface area contributed by atoms with Crippen molar-refractivity contribution >= 4 is 0 Å². The molecule has 3 nitrogen and oxygen atoms in total. The zero-order valence-corrected chi connectivity index (χ0v) is 12.0. The minimum atomic E-state index is -0.576. The summed E-state index contributed by atoms with van der Waals surface area (Å²) in [5, 5.41) is 0. The van der Waals surface area contributed by atoms with E-state index in [0.29, 0.717) is 25.4 Å². The molecule has 2 aliphatic rings. The molecule has 0 bridgehead atoms. The van der Waals surface area contributed by atoms with Crippen molar-refractivity contribution in [2.75, 3.05) is 19.8 Å². The van der Waals surface area contributed by atoms with E-state index in [2.05, 4.69) is 0 Å². The molecule has 2 saturated heterocycles. The number of hydrogen-bond donors (Lipinski definition) is 1. The second kappa shape index (κ2) is 5.99. The summed E-state index contributed by atoms with van der Waals surface area (Å²) in [4.78, 5) is 0. The van der Waals surface area contributed by atoms with Gasteiger partial charge in [-0.2, -0.15) is 0 Å². The Morgan fingerprint density at radius 1 is 1.10 bits per heavy atom. The molecule has 0 aliphatic carbocycles. The molecule has 1 aromatic rings. The van der Waals surface area contributed by atoms with E-state index in [4.69, 9.17) is 15.2 Å². The number of rotatable bonds is 2. The van der Waals surface area contributed by atoms with E-state index in [9.17, 15) is 8.78 Å². The van der Waals surface area contributed by atoms with Gasteiger partial charge in [0.2, 0.25) is 0 Å². The van der Waals surface area contributed by atoms with Gasteiger partial charge in [0.1, 0.15) is 11.6 Å². The van der Waals surface area contributed by atoms with Crippen LogP contribution in [-0.2, 0) is 9.47 Å². The Labute approximate surface area is 123 Å². The predicted molar refractivity (Wildman–Crippen MR) is 74.7 cm³/mol. The Morgan fingerprint density at radius 3 is 2.43 bits per heavy atom. The summed E-state index contributed by atoms with van der Waals surface area (Å²) in [5.74, 6) is -0.973. The van der Waals surface area contributed by atoms with E-state index >= 15 is 0 Å². The summed E-state index contributed by atoms with van der Waals surface area (Å²) >= 11 is 0. The summed E-state index contributed by atoms with van der Waals surface area (Å²) in [6.45, 7) is 2.06. The standard InChI is InChI=1S/C16H21F2NO2/c17-13-7-12(8-14(18)9-13)15(19)11-1-4-21-16(10-11)2-5-20-6-3-16/h7-9,11,15H,1-6,10,19H2. The Balaban J connectivity index is 1.76. The highest BCUT2D eigenvalue weighted by Gasteiger charge is 2.40. The van der Waals surface area contributed by atoms with Gasteiger partial charge in [0, 0.05) is 31.9 Å². The fraction of sp³-hybridized carbons (Fsp3) is 0.625. The molecule has 2 aliphatic heterocycles. The topological polar surface area (TPSA) is 44.5 Å². The monoisotopic (exact) mass is 297 g/mol. The highest BCUT2D eigenvalue weighted by atomic mass is 19.1. The average molecular weight is 297 g/mol. The van der Waals surface area contributed by atoms with Gasteiger partial charge in [0.05, 0.1) is 5.60 Å². The van der Waals surface area contributed by atoms with E-state index in [1.807, 2.05) is 0 Å². The minimum absolute atomic E-state index is 0.162. The van der Waals surface area contributed by atoms with Gasteiger partial charge in [-0.15, -0.1) is 0 Å². The molecule has 2 heterocycles. The molecule has 0 aromatic heterocycles. The lowest BCUT2D eigenvalue weighted by molar-refractivity contribution is -0.149. The first kappa shape index (κ1) is 14.9. The molecular formula is C16H21F2NO2. The molecule has 2 N–H and O–H groups in total. The third kappa shape index (κ3) is 3.25. The molecule has 2 unspecified atom stereocenters. The van der Waals surface area contributed by atoms with Crippen molar-refractivity contribution in [3.63, 3.8) is 0 Å². The van der Waals surface area contributed by atoms with E-state index in [1.165, 1.54) is 12.1 Å². The van der Waals surface area contributed by atoms with Gasteiger partial charge in [-0.1, -0.05) is 0 Å². The van der Waals surface area contributed by atoms with Crippen molar-refractivity contribution in [1.82, 2.24) is 0 Å². The largest absolute Gasteiger partial charge is 0.381 e. The predicted octanol–water partition coefficient (Wildman–Crippen LogP) is 2.94. The van der Waals surface area contributed by atoms with Gasteiger partial charge in [0.15, 0.2) is 0 Å². The maximum Gasteiger partial charge on any atom is 0.126 e. The van der Waals surface area contributed by atoms with Crippen molar-refractivity contribution in [2.24, 2.45) is 11.7 Å². The third-order valence-electron chi connectivity index (χ3n) is 4.71. The molecule has 0 saturated carbocycles. The number of benzene rings is 1. The van der Waals surface area contributed by atoms with E-state index < -0.39 is 11.6 Å². The van der Waals surface area contributed by atoms with Crippen LogP contribution in [0.25, 0.3) is 0 Å². The number of halogens is 2. The fourth-order valence-electron chi connectivity index (χ4n) is 3.50. The number of nitrogens with two attached hydrogens (primary N) is 1. The van der Waals surface area contributed by atoms with Crippen LogP contribution in [0, 0.1) is 17.6 Å². The molecule has 0 amide bonds. The molecular weight excluding hydrogens is 276 g/mol. The van der Waals surface area contributed by atoms with Crippen LogP contribution in [0.3, 0.4) is 0 Å². The summed E-state index contributed by atoms with van der Waals surface area (Å²) < 4.78 is 38.1. The lowest BCUT2D eigenvalue weighted by Gasteiger charge is -2.44. The van der Waals surface area contributed by atoms with Crippen LogP contribution >= 0.6 is 0 Å². The third-order valence-corrected chi connectivity index (χ3v) is 4.71. The van der Waals surface area contributed by atoms with Crippen molar-refractivity contribution < 1.29 is 18.3 Å². The summed E-state index contributed by atoms with van der Waals surface area (Å²) in [6, 6.07) is 3.18. The van der Waals surface area contributed by atoms with Crippen molar-refractivity contribution in [3.05, 3.63) is 35.4 Å². The van der Waals surface area contributed by atoms with Gasteiger partial charge >= 0.3 is 0 Å². The van der Waals surface area contributed by atoms with E-state index in [-0.39, 0.29) is 17.6 Å². The summed E-state index contributed by atoms with van der Waals surface area (Å²) in [6.07, 6.45) is 3.39. The first-order valence-electron chi connectivity index (χ1n) is 7.51. The molecule has 5 heteroatoms. The minimum Gasteiger partial charge on any atom is -0.381 e. The Kier molecular flexibility index (Phi) is 4.24. The SMILES string of the molecule is NC(c1cc(F)cc(F)c1)C1CCOC2(CCOCC2)C1. The maximum atomic E-state index is 13.4. The lowest BCUT2D eigenvalue weighted by Crippen LogP contribution is -2.46. The van der Waals surface area contributed by atoms with Crippen LogP contribution in [0.15, 0.2) is 18.2 Å². The Bertz CT molecular complexity index is 477. The summed E-state index contributed by atoms with van der Waals surface area (Å²) in [5.41, 5.74) is 6.64. The van der Waals surface area contributed by atoms with Gasteiger partial charge in [-0.3, -0.25) is 0 Å². The number of hydrogen-bond acceptors (Lipinski definition) is 3. The molecule has 0 radical (unpaired) electrons. The normalized spacial score (nSPS) is 26.7. The zero-order valence-electron chi connectivity index (χ0n) is 12.0. The van der Waals surface area contributed by atoms with Crippen LogP contribution in [0.1, 0.15) is 37.3 Å². The van der Waals surface area contributed by atoms with Gasteiger partial charge in [-0.25, -0.2) is 8.78 Å². The van der Waals surface area contributed by atoms with Crippen molar-refractivity contribution in [1.29, 1.82) is 0 Å². The van der Waals surface area contributed by atoms with Gasteiger partial charge in [-0.05, 0) is 49.3 Å². The van der Waals surface area contributed by atoms with Crippen LogP contribution in [0.4, 0.5) is 8.78 Å². The first-order valence-corrected chi connectivity index (χ1v) is 7.51. The second-order valence-electron chi connectivity index (χ2n) is 6.13. The smallest absolute Gasteiger partial charge is 0.126 e. The quantitative estimate of drug-likeness (QED) is 0.913. The molecule has 2 fully saturated rings. The Morgan fingerprint density at radius 2 is 1.76 bits per heavy atom. The zero-order chi connectivity index (χ0) is 14.9. The van der Waals surface area contributed by atoms with Crippen molar-refractivity contribution in [2.45, 2.75) is 37.3 Å². The molecule has 3 rings (SSSR count). The molecule has 116 valence electrons. The van der Waals surface area contributed by atoms with E-state index in [0.717, 1.165) is 31.7 Å². The van der Waals surface area contributed by atoms with Gasteiger partial charge < -0.3 is 15.2 Å². The average Bonchev–Trinajstić information content (AvgIpc) is 2.46. The van der Waals surface area contributed by atoms with E-state index in [1.54, 1.807) is 0 Å². The maximum absolute atomic E-state index is 13.4. The van der Waals surface area contributed by atoms with Gasteiger partial charge in [0.25, 0.3) is 0 Å². The molecule has 1 aromatic carbocycles. The van der Waals surface area contributed by atoms with Crippen molar-refractivity contribution in [3.8, 4) is 0 Å². The molecule has 2 atom stereocenters. The fourth-order valence-corrected chi connectivity index (χ4v) is 3.50. The van der Waals surface area contributed by atoms with Crippen LogP contribution in [0.2, 0.25) is 0 Å². The van der Waals surface area contributed by atoms with Crippen LogP contribution in [0.5, 0.6) is 0 Å². The molecule has 21 heavy (non-hydrogen) atoms. The van der Waals surface area contributed by atoms with Crippen LogP contribution in [-0.4, -0.2) is 25.4 Å². The Hall–Kier alpha value is -1.04.